The third-order valence-electron chi connectivity index (χ3n) is 5.83. The lowest BCUT2D eigenvalue weighted by molar-refractivity contribution is -0.140. The van der Waals surface area contributed by atoms with Crippen molar-refractivity contribution in [3.05, 3.63) is 92.9 Å². The molecule has 1 saturated heterocycles. The molecule has 5 rings (SSSR count). The molecule has 5 nitrogen and oxygen atoms in total. The van der Waals surface area contributed by atoms with Crippen LogP contribution in [0.25, 0.3) is 5.76 Å². The first-order valence-electron chi connectivity index (χ1n) is 10.4. The average Bonchev–Trinajstić information content (AvgIpc) is 3.41. The summed E-state index contributed by atoms with van der Waals surface area (Å²) in [5.41, 5.74) is 1.40. The maximum atomic E-state index is 14.8. The number of aryl methyl sites for hydroxylation is 1. The van der Waals surface area contributed by atoms with Crippen molar-refractivity contribution in [3.63, 3.8) is 0 Å². The maximum absolute atomic E-state index is 14.8. The molecule has 2 aromatic carbocycles. The number of carbonyl (C=O) groups excluding carboxylic acids is 2. The number of halogens is 1. The number of likely N-dealkylation sites (tertiary alicyclic amines) is 1. The second-order valence-electron chi connectivity index (χ2n) is 7.80. The van der Waals surface area contributed by atoms with Crippen molar-refractivity contribution in [2.24, 2.45) is 0 Å². The Balaban J connectivity index is 1.65. The first kappa shape index (κ1) is 20.5. The summed E-state index contributed by atoms with van der Waals surface area (Å²) in [7, 11) is 0. The van der Waals surface area contributed by atoms with Gasteiger partial charge in [0.2, 0.25) is 0 Å². The molecule has 0 bridgehead atoms. The molecule has 0 saturated carbocycles. The van der Waals surface area contributed by atoms with Gasteiger partial charge in [-0.25, -0.2) is 4.39 Å². The SMILES string of the molecule is O=C1C(=O)N(Cc2cccs2)C(c2ccccc2F)/C1=C(\O)c1ccc2c(c1)CCCO2. The molecule has 1 fully saturated rings. The van der Waals surface area contributed by atoms with Gasteiger partial charge >= 0.3 is 0 Å². The maximum Gasteiger partial charge on any atom is 0.295 e. The highest BCUT2D eigenvalue weighted by molar-refractivity contribution is 7.09. The molecule has 1 aromatic heterocycles. The van der Waals surface area contributed by atoms with Gasteiger partial charge < -0.3 is 14.7 Å². The van der Waals surface area contributed by atoms with E-state index in [2.05, 4.69) is 0 Å². The molecule has 1 atom stereocenters. The second kappa shape index (κ2) is 8.24. The van der Waals surface area contributed by atoms with Crippen molar-refractivity contribution in [2.45, 2.75) is 25.4 Å². The van der Waals surface area contributed by atoms with Gasteiger partial charge in [0.15, 0.2) is 0 Å². The Labute approximate surface area is 188 Å². The summed E-state index contributed by atoms with van der Waals surface area (Å²) in [6, 6.07) is 13.9. The minimum absolute atomic E-state index is 0.103. The topological polar surface area (TPSA) is 66.8 Å². The zero-order chi connectivity index (χ0) is 22.2. The van der Waals surface area contributed by atoms with Crippen molar-refractivity contribution in [1.29, 1.82) is 0 Å². The molecule has 2 aliphatic heterocycles. The number of Topliss-reactive ketones (excluding diaryl/α,β-unsaturated/α-hetero) is 1. The van der Waals surface area contributed by atoms with Crippen LogP contribution in [0.2, 0.25) is 0 Å². The molecule has 1 unspecified atom stereocenters. The summed E-state index contributed by atoms with van der Waals surface area (Å²) in [6.07, 6.45) is 1.65. The number of aliphatic hydroxyl groups is 1. The number of amides is 1. The van der Waals surface area contributed by atoms with E-state index >= 15 is 0 Å². The van der Waals surface area contributed by atoms with E-state index in [0.29, 0.717) is 12.2 Å². The van der Waals surface area contributed by atoms with Crippen molar-refractivity contribution in [1.82, 2.24) is 4.90 Å². The number of rotatable bonds is 4. The molecule has 0 aliphatic carbocycles. The molecular formula is C25H20FNO4S. The number of nitrogens with zero attached hydrogens (tertiary/aromatic N) is 1. The van der Waals surface area contributed by atoms with Crippen LogP contribution in [-0.4, -0.2) is 28.3 Å². The fraction of sp³-hybridized carbons (Fsp3) is 0.200. The molecule has 3 heterocycles. The lowest BCUT2D eigenvalue weighted by Crippen LogP contribution is -2.29. The summed E-state index contributed by atoms with van der Waals surface area (Å²) in [5.74, 6) is -1.67. The third kappa shape index (κ3) is 3.48. The van der Waals surface area contributed by atoms with Crippen molar-refractivity contribution < 1.29 is 23.8 Å². The summed E-state index contributed by atoms with van der Waals surface area (Å²) in [4.78, 5) is 28.3. The summed E-state index contributed by atoms with van der Waals surface area (Å²) >= 11 is 1.44. The number of ether oxygens (including phenoxy) is 1. The van der Waals surface area contributed by atoms with Crippen molar-refractivity contribution >= 4 is 28.8 Å². The minimum atomic E-state index is -1.02. The van der Waals surface area contributed by atoms with Crippen LogP contribution in [-0.2, 0) is 22.6 Å². The minimum Gasteiger partial charge on any atom is -0.507 e. The Hall–Kier alpha value is -3.45. The molecule has 3 aromatic rings. The predicted octanol–water partition coefficient (Wildman–Crippen LogP) is 4.83. The first-order chi connectivity index (χ1) is 15.5. The Morgan fingerprint density at radius 1 is 1.16 bits per heavy atom. The number of benzene rings is 2. The molecule has 32 heavy (non-hydrogen) atoms. The van der Waals surface area contributed by atoms with Gasteiger partial charge in [0.05, 0.1) is 24.8 Å². The molecule has 1 N–H and O–H groups in total. The number of hydrogen-bond donors (Lipinski definition) is 1. The third-order valence-corrected chi connectivity index (χ3v) is 6.69. The number of ketones is 1. The van der Waals surface area contributed by atoms with Crippen LogP contribution in [0.15, 0.2) is 65.6 Å². The van der Waals surface area contributed by atoms with Crippen molar-refractivity contribution in [2.75, 3.05) is 6.61 Å². The molecule has 7 heteroatoms. The summed E-state index contributed by atoms with van der Waals surface area (Å²) in [6.45, 7) is 0.787. The van der Waals surface area contributed by atoms with Gasteiger partial charge in [-0.1, -0.05) is 24.3 Å². The predicted molar refractivity (Wildman–Crippen MR) is 119 cm³/mol. The van der Waals surface area contributed by atoms with E-state index in [-0.39, 0.29) is 23.4 Å². The van der Waals surface area contributed by atoms with E-state index in [1.165, 1.54) is 22.3 Å². The van der Waals surface area contributed by atoms with Crippen LogP contribution in [0.1, 0.15) is 34.0 Å². The standard InChI is InChI=1S/C25H20FNO4S/c26-19-8-2-1-7-18(19)22-21(24(29)25(30)27(22)14-17-6-4-12-32-17)23(28)16-9-10-20-15(13-16)5-3-11-31-20/h1-2,4,6-10,12-13,22,28H,3,5,11,14H2/b23-21+. The summed E-state index contributed by atoms with van der Waals surface area (Å²) < 4.78 is 20.5. The van der Waals surface area contributed by atoms with Crippen LogP contribution < -0.4 is 4.74 Å². The zero-order valence-electron chi connectivity index (χ0n) is 17.1. The first-order valence-corrected chi connectivity index (χ1v) is 11.2. The highest BCUT2D eigenvalue weighted by atomic mass is 32.1. The second-order valence-corrected chi connectivity index (χ2v) is 8.83. The van der Waals surface area contributed by atoms with E-state index in [9.17, 15) is 19.1 Å². The van der Waals surface area contributed by atoms with Gasteiger partial charge in [0.25, 0.3) is 11.7 Å². The van der Waals surface area contributed by atoms with E-state index < -0.39 is 23.5 Å². The quantitative estimate of drug-likeness (QED) is 0.352. The summed E-state index contributed by atoms with van der Waals surface area (Å²) in [5, 5.41) is 13.1. The number of carbonyl (C=O) groups is 2. The van der Waals surface area contributed by atoms with Crippen LogP contribution in [0.5, 0.6) is 5.75 Å². The highest BCUT2D eigenvalue weighted by Gasteiger charge is 2.47. The zero-order valence-corrected chi connectivity index (χ0v) is 17.9. The van der Waals surface area contributed by atoms with Gasteiger partial charge in [-0.15, -0.1) is 11.3 Å². The largest absolute Gasteiger partial charge is 0.507 e. The van der Waals surface area contributed by atoms with Gasteiger partial charge in [-0.2, -0.15) is 0 Å². The Morgan fingerprint density at radius 2 is 2.00 bits per heavy atom. The fourth-order valence-electron chi connectivity index (χ4n) is 4.30. The van der Waals surface area contributed by atoms with Crippen LogP contribution in [0.4, 0.5) is 4.39 Å². The monoisotopic (exact) mass is 449 g/mol. The van der Waals surface area contributed by atoms with E-state index in [1.807, 2.05) is 17.5 Å². The van der Waals surface area contributed by atoms with Crippen LogP contribution in [0.3, 0.4) is 0 Å². The van der Waals surface area contributed by atoms with E-state index in [4.69, 9.17) is 4.74 Å². The fourth-order valence-corrected chi connectivity index (χ4v) is 5.00. The molecular weight excluding hydrogens is 429 g/mol. The normalized spacial score (nSPS) is 19.7. The number of thiophene rings is 1. The van der Waals surface area contributed by atoms with E-state index in [0.717, 1.165) is 29.0 Å². The van der Waals surface area contributed by atoms with Gasteiger partial charge in [-0.3, -0.25) is 9.59 Å². The smallest absolute Gasteiger partial charge is 0.295 e. The lowest BCUT2D eigenvalue weighted by atomic mass is 9.93. The van der Waals surface area contributed by atoms with Gasteiger partial charge in [-0.05, 0) is 54.1 Å². The Bertz CT molecular complexity index is 1230. The molecule has 0 spiro atoms. The number of fused-ring (bicyclic) bond motifs is 1. The molecule has 162 valence electrons. The Morgan fingerprint density at radius 3 is 2.78 bits per heavy atom. The molecule has 0 radical (unpaired) electrons. The molecule has 1 amide bonds. The molecule has 2 aliphatic rings. The van der Waals surface area contributed by atoms with Crippen LogP contribution in [0, 0.1) is 5.82 Å². The average molecular weight is 450 g/mol. The highest BCUT2D eigenvalue weighted by Crippen LogP contribution is 2.42. The number of hydrogen-bond acceptors (Lipinski definition) is 5. The Kier molecular flexibility index (Phi) is 5.27. The van der Waals surface area contributed by atoms with E-state index in [1.54, 1.807) is 36.4 Å². The van der Waals surface area contributed by atoms with Gasteiger partial charge in [0.1, 0.15) is 17.3 Å². The van der Waals surface area contributed by atoms with Crippen LogP contribution >= 0.6 is 11.3 Å². The lowest BCUT2D eigenvalue weighted by Gasteiger charge is -2.25. The number of aliphatic hydroxyl groups excluding tert-OH is 1. The van der Waals surface area contributed by atoms with Gasteiger partial charge in [0, 0.05) is 16.0 Å². The van der Waals surface area contributed by atoms with Crippen molar-refractivity contribution in [3.8, 4) is 5.75 Å².